The summed E-state index contributed by atoms with van der Waals surface area (Å²) in [5.74, 6) is -4.09. The second-order valence-electron chi connectivity index (χ2n) is 15.2. The van der Waals surface area contributed by atoms with Crippen LogP contribution in [0.3, 0.4) is 0 Å². The molecule has 4 atom stereocenters. The number of fused-ring (bicyclic) bond motifs is 4. The Morgan fingerprint density at radius 1 is 0.667 bits per heavy atom. The lowest BCUT2D eigenvalue weighted by atomic mass is 9.85. The zero-order valence-electron chi connectivity index (χ0n) is 33.0. The average Bonchev–Trinajstić information content (AvgIpc) is 3.66. The molecule has 0 radical (unpaired) electrons. The summed E-state index contributed by atoms with van der Waals surface area (Å²) in [6.45, 7) is -0.177. The van der Waals surface area contributed by atoms with Crippen LogP contribution in [0.25, 0.3) is 0 Å². The molecule has 8 rings (SSSR count). The maximum atomic E-state index is 13.2. The third-order valence-corrected chi connectivity index (χ3v) is 11.4. The Morgan fingerprint density at radius 2 is 1.15 bits per heavy atom. The Hall–Kier alpha value is -6.08. The number of nitrogens with zero attached hydrogens (tertiary/aromatic N) is 6. The first-order valence-corrected chi connectivity index (χ1v) is 19.2. The first kappa shape index (κ1) is 42.1. The van der Waals surface area contributed by atoms with E-state index in [0.29, 0.717) is 45.4 Å². The molecule has 2 aliphatic heterocycles. The molecule has 0 saturated carbocycles. The molecule has 2 N–H and O–H groups in total. The molecule has 14 nitrogen and oxygen atoms in total. The molecular weight excluding hydrogens is 802 g/mol. The fourth-order valence-electron chi connectivity index (χ4n) is 8.08. The van der Waals surface area contributed by atoms with Crippen molar-refractivity contribution in [3.63, 3.8) is 0 Å². The Balaban J connectivity index is 0.000000181. The summed E-state index contributed by atoms with van der Waals surface area (Å²) in [7, 11) is 6.28. The van der Waals surface area contributed by atoms with Crippen LogP contribution in [0.15, 0.2) is 48.5 Å². The smallest absolute Gasteiger partial charge is 0.392 e. The number of para-hydroxylation sites is 4. The van der Waals surface area contributed by atoms with Crippen molar-refractivity contribution >= 4 is 35.0 Å². The lowest BCUT2D eigenvalue weighted by Crippen LogP contribution is -2.49. The largest absolute Gasteiger partial charge is 0.489 e. The molecule has 320 valence electrons. The molecule has 0 spiro atoms. The minimum atomic E-state index is -4.33. The van der Waals surface area contributed by atoms with Crippen molar-refractivity contribution in [1.82, 2.24) is 30.2 Å². The van der Waals surface area contributed by atoms with Gasteiger partial charge in [-0.05, 0) is 62.8 Å². The van der Waals surface area contributed by atoms with E-state index in [1.807, 2.05) is 0 Å². The molecule has 2 unspecified atom stereocenters. The van der Waals surface area contributed by atoms with Crippen molar-refractivity contribution in [2.75, 3.05) is 37.1 Å². The van der Waals surface area contributed by atoms with Gasteiger partial charge < -0.3 is 29.9 Å². The number of nitrogens with one attached hydrogen (secondary N) is 2. The zero-order chi connectivity index (χ0) is 43.3. The second kappa shape index (κ2) is 16.2. The van der Waals surface area contributed by atoms with E-state index in [1.165, 1.54) is 26.2 Å². The Morgan fingerprint density at radius 3 is 1.68 bits per heavy atom. The first-order chi connectivity index (χ1) is 28.3. The van der Waals surface area contributed by atoms with Gasteiger partial charge in [0.1, 0.15) is 42.5 Å². The molecule has 2 aromatic heterocycles. The summed E-state index contributed by atoms with van der Waals surface area (Å²) >= 11 is 0. The fraction of sp³-hybridized carbons (Fsp3) is 0.450. The van der Waals surface area contributed by atoms with Crippen molar-refractivity contribution in [2.24, 2.45) is 25.9 Å². The second-order valence-corrected chi connectivity index (χ2v) is 15.2. The van der Waals surface area contributed by atoms with Gasteiger partial charge in [0.05, 0.1) is 28.9 Å². The number of ether oxygens (including phenoxy) is 2. The summed E-state index contributed by atoms with van der Waals surface area (Å²) in [4.78, 5) is 54.3. The van der Waals surface area contributed by atoms with Gasteiger partial charge in [-0.1, -0.05) is 24.3 Å². The number of aromatic nitrogens is 4. The molecule has 4 heterocycles. The Bertz CT molecular complexity index is 2310. The van der Waals surface area contributed by atoms with E-state index < -0.39 is 48.1 Å². The molecule has 0 saturated heterocycles. The summed E-state index contributed by atoms with van der Waals surface area (Å²) in [5, 5.41) is 13.6. The number of hydrogen-bond donors (Lipinski definition) is 2. The first-order valence-electron chi connectivity index (χ1n) is 19.2. The number of rotatable bonds is 4. The van der Waals surface area contributed by atoms with E-state index in [1.54, 1.807) is 69.7 Å². The fourth-order valence-corrected chi connectivity index (χ4v) is 8.08. The number of carbonyl (C=O) groups excluding carboxylic acids is 4. The molecule has 0 bridgehead atoms. The lowest BCUT2D eigenvalue weighted by molar-refractivity contribution is -0.177. The molecule has 20 heteroatoms. The monoisotopic (exact) mass is 844 g/mol. The highest BCUT2D eigenvalue weighted by molar-refractivity contribution is 6.04. The van der Waals surface area contributed by atoms with Crippen molar-refractivity contribution < 1.29 is 55.0 Å². The Kier molecular flexibility index (Phi) is 11.3. The molecule has 4 aliphatic rings. The maximum absolute atomic E-state index is 13.2. The van der Waals surface area contributed by atoms with Gasteiger partial charge in [-0.3, -0.25) is 28.5 Å². The number of alkyl halides is 6. The molecule has 2 aliphatic carbocycles. The third-order valence-electron chi connectivity index (χ3n) is 11.4. The van der Waals surface area contributed by atoms with E-state index >= 15 is 0 Å². The SMILES string of the molecule is CN1C(=O)[C@@H](NC(=O)c2c3c(nn2C)CCC(C(F)(F)F)C3)COc2ccccc21.CN1C(=O)[C@@H](NC(=O)c2nn(C)c3c2CC(C(F)(F)F)CC3)COc2ccccc21. The van der Waals surface area contributed by atoms with Gasteiger partial charge in [0, 0.05) is 45.0 Å². The average molecular weight is 845 g/mol. The van der Waals surface area contributed by atoms with Crippen LogP contribution in [0.2, 0.25) is 0 Å². The summed E-state index contributed by atoms with van der Waals surface area (Å²) < 4.78 is 93.4. The van der Waals surface area contributed by atoms with Crippen LogP contribution in [0.5, 0.6) is 11.5 Å². The van der Waals surface area contributed by atoms with Crippen LogP contribution in [0.1, 0.15) is 56.3 Å². The van der Waals surface area contributed by atoms with Gasteiger partial charge in [-0.15, -0.1) is 0 Å². The highest BCUT2D eigenvalue weighted by atomic mass is 19.4. The third kappa shape index (κ3) is 8.23. The Labute approximate surface area is 339 Å². The predicted molar refractivity (Wildman–Crippen MR) is 203 cm³/mol. The van der Waals surface area contributed by atoms with Crippen LogP contribution >= 0.6 is 0 Å². The number of halogens is 6. The van der Waals surface area contributed by atoms with Gasteiger partial charge in [0.15, 0.2) is 5.69 Å². The summed E-state index contributed by atoms with van der Waals surface area (Å²) in [6.07, 6.45) is -8.99. The highest BCUT2D eigenvalue weighted by Gasteiger charge is 2.45. The number of likely N-dealkylation sites (N-methyl/N-ethyl adjacent to an activating group) is 2. The van der Waals surface area contributed by atoms with Gasteiger partial charge in [-0.25, -0.2) is 0 Å². The number of carbonyl (C=O) groups is 4. The van der Waals surface area contributed by atoms with Crippen molar-refractivity contribution in [1.29, 1.82) is 0 Å². The molecule has 4 amide bonds. The number of benzene rings is 2. The molecule has 0 fully saturated rings. The van der Waals surface area contributed by atoms with Gasteiger partial charge in [0.25, 0.3) is 23.6 Å². The van der Waals surface area contributed by atoms with Crippen LogP contribution in [-0.2, 0) is 49.4 Å². The number of anilines is 2. The summed E-state index contributed by atoms with van der Waals surface area (Å²) in [5.41, 5.74) is 2.83. The number of amides is 4. The lowest BCUT2D eigenvalue weighted by Gasteiger charge is -2.25. The topological polar surface area (TPSA) is 153 Å². The van der Waals surface area contributed by atoms with Crippen LogP contribution in [0.4, 0.5) is 37.7 Å². The molecule has 60 heavy (non-hydrogen) atoms. The zero-order valence-corrected chi connectivity index (χ0v) is 33.0. The predicted octanol–water partition coefficient (Wildman–Crippen LogP) is 4.48. The quantitative estimate of drug-likeness (QED) is 0.286. The van der Waals surface area contributed by atoms with E-state index in [4.69, 9.17) is 9.47 Å². The van der Waals surface area contributed by atoms with Crippen LogP contribution in [-0.4, -0.2) is 94.9 Å². The highest BCUT2D eigenvalue weighted by Crippen LogP contribution is 2.40. The van der Waals surface area contributed by atoms with E-state index in [9.17, 15) is 45.5 Å². The minimum Gasteiger partial charge on any atom is -0.489 e. The van der Waals surface area contributed by atoms with Gasteiger partial charge >= 0.3 is 12.4 Å². The summed E-state index contributed by atoms with van der Waals surface area (Å²) in [6, 6.07) is 12.0. The van der Waals surface area contributed by atoms with E-state index in [2.05, 4.69) is 20.8 Å². The molecule has 4 aromatic rings. The van der Waals surface area contributed by atoms with Crippen molar-refractivity contribution in [3.05, 3.63) is 82.4 Å². The standard InChI is InChI=1S/2C20H21F3N4O3/c1-26-15-5-3-4-6-16(15)30-10-13(19(26)29)24-18(28)17-12-9-11(20(21,22)23)7-8-14(12)27(2)25-17;1-26-15-5-3-4-6-16(15)30-10-14(19(26)29)24-18(28)17-12-9-11(20(21,22)23)7-8-13(12)25-27(17)2/h3-6,11,13H,7-10H2,1-2H3,(H,24,28);3-6,11,14H,7-10H2,1-2H3,(H,24,28)/t11?,13-;11?,14-/m00/s1. The minimum absolute atomic E-state index is 0.0326. The van der Waals surface area contributed by atoms with E-state index in [-0.39, 0.29) is 74.9 Å². The van der Waals surface area contributed by atoms with E-state index in [0.717, 1.165) is 0 Å². The molecular formula is C40H42F6N8O6. The van der Waals surface area contributed by atoms with Crippen LogP contribution < -0.4 is 29.9 Å². The van der Waals surface area contributed by atoms with Crippen molar-refractivity contribution in [2.45, 2.75) is 63.0 Å². The number of hydrogen-bond acceptors (Lipinski definition) is 8. The number of aryl methyl sites for hydroxylation is 3. The van der Waals surface area contributed by atoms with Gasteiger partial charge in [0.2, 0.25) is 0 Å². The maximum Gasteiger partial charge on any atom is 0.392 e. The normalized spacial score (nSPS) is 21.4. The van der Waals surface area contributed by atoms with Crippen molar-refractivity contribution in [3.8, 4) is 11.5 Å². The van der Waals surface area contributed by atoms with Gasteiger partial charge in [-0.2, -0.15) is 36.5 Å². The molecule has 2 aromatic carbocycles. The van der Waals surface area contributed by atoms with Crippen LogP contribution in [0, 0.1) is 11.8 Å².